The minimum atomic E-state index is -0.0872. The summed E-state index contributed by atoms with van der Waals surface area (Å²) in [5.74, 6) is 0.401. The zero-order valence-electron chi connectivity index (χ0n) is 12.3. The van der Waals surface area contributed by atoms with Crippen molar-refractivity contribution in [3.05, 3.63) is 0 Å². The van der Waals surface area contributed by atoms with Crippen LogP contribution in [-0.2, 0) is 9.59 Å². The van der Waals surface area contributed by atoms with Crippen molar-refractivity contribution in [2.45, 2.75) is 27.2 Å². The van der Waals surface area contributed by atoms with Crippen LogP contribution in [0.25, 0.3) is 0 Å². The molecular weight excluding hydrogens is 230 g/mol. The van der Waals surface area contributed by atoms with Crippen LogP contribution < -0.4 is 5.32 Å². The molecule has 2 amide bonds. The zero-order chi connectivity index (χ0) is 14.1. The van der Waals surface area contributed by atoms with E-state index in [9.17, 15) is 9.59 Å². The van der Waals surface area contributed by atoms with Gasteiger partial charge in [0.2, 0.25) is 11.8 Å². The Hall–Kier alpha value is -1.10. The maximum absolute atomic E-state index is 11.7. The first-order chi connectivity index (χ1) is 8.32. The van der Waals surface area contributed by atoms with Crippen molar-refractivity contribution in [1.29, 1.82) is 0 Å². The predicted molar refractivity (Wildman–Crippen MR) is 73.3 cm³/mol. The molecule has 0 heterocycles. The minimum absolute atomic E-state index is 0.0431. The number of nitrogens with zero attached hydrogens (tertiary/aromatic N) is 2. The molecule has 0 aliphatic carbocycles. The van der Waals surface area contributed by atoms with Gasteiger partial charge >= 0.3 is 0 Å². The quantitative estimate of drug-likeness (QED) is 0.691. The minimum Gasteiger partial charge on any atom is -0.353 e. The number of hydrogen-bond donors (Lipinski definition) is 1. The first-order valence-corrected chi connectivity index (χ1v) is 6.50. The summed E-state index contributed by atoms with van der Waals surface area (Å²) in [6, 6.07) is 0. The van der Waals surface area contributed by atoms with Crippen LogP contribution in [0.4, 0.5) is 0 Å². The van der Waals surface area contributed by atoms with E-state index in [1.165, 1.54) is 6.92 Å². The molecule has 5 nitrogen and oxygen atoms in total. The third kappa shape index (κ3) is 8.98. The molecule has 0 unspecified atom stereocenters. The highest BCUT2D eigenvalue weighted by molar-refractivity contribution is 5.83. The number of likely N-dealkylation sites (N-methyl/N-ethyl adjacent to an activating group) is 1. The number of nitrogens with one attached hydrogen (secondary N) is 1. The van der Waals surface area contributed by atoms with Gasteiger partial charge in [-0.25, -0.2) is 0 Å². The van der Waals surface area contributed by atoms with E-state index in [1.807, 2.05) is 19.0 Å². The lowest BCUT2D eigenvalue weighted by Crippen LogP contribution is -2.42. The number of amides is 2. The van der Waals surface area contributed by atoms with Gasteiger partial charge in [-0.3, -0.25) is 9.59 Å². The van der Waals surface area contributed by atoms with Crippen molar-refractivity contribution >= 4 is 11.8 Å². The molecule has 0 saturated carbocycles. The summed E-state index contributed by atoms with van der Waals surface area (Å²) in [5, 5.41) is 2.81. The van der Waals surface area contributed by atoms with Gasteiger partial charge in [0.15, 0.2) is 0 Å². The van der Waals surface area contributed by atoms with Crippen molar-refractivity contribution < 1.29 is 9.59 Å². The van der Waals surface area contributed by atoms with Gasteiger partial charge in [0.25, 0.3) is 0 Å². The van der Waals surface area contributed by atoms with E-state index in [1.54, 1.807) is 4.90 Å². The molecule has 0 spiro atoms. The van der Waals surface area contributed by atoms with E-state index in [2.05, 4.69) is 19.2 Å². The molecule has 0 aromatic heterocycles. The molecule has 1 N–H and O–H groups in total. The van der Waals surface area contributed by atoms with Crippen molar-refractivity contribution in [1.82, 2.24) is 15.1 Å². The molecule has 0 rings (SSSR count). The molecule has 5 heteroatoms. The molecule has 0 atom stereocenters. The normalized spacial score (nSPS) is 10.8. The average Bonchev–Trinajstić information content (AvgIpc) is 2.22. The van der Waals surface area contributed by atoms with Crippen LogP contribution in [0.2, 0.25) is 0 Å². The van der Waals surface area contributed by atoms with Gasteiger partial charge in [0, 0.05) is 26.6 Å². The Kier molecular flexibility index (Phi) is 8.37. The maximum Gasteiger partial charge on any atom is 0.239 e. The Labute approximate surface area is 111 Å². The average molecular weight is 257 g/mol. The number of carbonyl (C=O) groups is 2. The Bertz CT molecular complexity index is 265. The Morgan fingerprint density at radius 1 is 1.17 bits per heavy atom. The van der Waals surface area contributed by atoms with Crippen LogP contribution in [0, 0.1) is 5.92 Å². The van der Waals surface area contributed by atoms with Gasteiger partial charge in [-0.15, -0.1) is 0 Å². The fraction of sp³-hybridized carbons (Fsp3) is 0.846. The fourth-order valence-corrected chi connectivity index (χ4v) is 1.41. The first-order valence-electron chi connectivity index (χ1n) is 6.50. The summed E-state index contributed by atoms with van der Waals surface area (Å²) in [4.78, 5) is 26.7. The van der Waals surface area contributed by atoms with Crippen LogP contribution >= 0.6 is 0 Å². The second-order valence-electron chi connectivity index (χ2n) is 5.28. The molecule has 0 aromatic carbocycles. The van der Waals surface area contributed by atoms with Crippen molar-refractivity contribution in [3.8, 4) is 0 Å². The van der Waals surface area contributed by atoms with Gasteiger partial charge in [-0.05, 0) is 26.4 Å². The van der Waals surface area contributed by atoms with Gasteiger partial charge in [0.05, 0.1) is 6.54 Å². The molecule has 0 radical (unpaired) electrons. The van der Waals surface area contributed by atoms with Crippen molar-refractivity contribution in [2.75, 3.05) is 40.3 Å². The smallest absolute Gasteiger partial charge is 0.239 e. The summed E-state index contributed by atoms with van der Waals surface area (Å²) in [6.45, 7) is 7.95. The second-order valence-corrected chi connectivity index (χ2v) is 5.28. The summed E-state index contributed by atoms with van der Waals surface area (Å²) in [5.41, 5.74) is 0. The molecule has 0 aliphatic heterocycles. The molecule has 0 saturated heterocycles. The highest BCUT2D eigenvalue weighted by Gasteiger charge is 2.13. The highest BCUT2D eigenvalue weighted by atomic mass is 16.2. The Morgan fingerprint density at radius 2 is 1.78 bits per heavy atom. The van der Waals surface area contributed by atoms with Crippen LogP contribution in [0.5, 0.6) is 0 Å². The lowest BCUT2D eigenvalue weighted by molar-refractivity contribution is -0.134. The van der Waals surface area contributed by atoms with E-state index >= 15 is 0 Å². The summed E-state index contributed by atoms with van der Waals surface area (Å²) in [7, 11) is 3.91. The molecule has 0 fully saturated rings. The van der Waals surface area contributed by atoms with E-state index in [-0.39, 0.29) is 18.4 Å². The zero-order valence-corrected chi connectivity index (χ0v) is 12.3. The topological polar surface area (TPSA) is 52.7 Å². The molecule has 0 aliphatic rings. The van der Waals surface area contributed by atoms with E-state index < -0.39 is 0 Å². The van der Waals surface area contributed by atoms with Crippen LogP contribution in [0.3, 0.4) is 0 Å². The van der Waals surface area contributed by atoms with Crippen molar-refractivity contribution in [2.24, 2.45) is 5.92 Å². The fourth-order valence-electron chi connectivity index (χ4n) is 1.41. The lowest BCUT2D eigenvalue weighted by Gasteiger charge is -2.21. The summed E-state index contributed by atoms with van der Waals surface area (Å²) >= 11 is 0. The number of hydrogen-bond acceptors (Lipinski definition) is 3. The highest BCUT2D eigenvalue weighted by Crippen LogP contribution is 2.02. The standard InChI is InChI=1S/C13H27N3O2/c1-11(2)6-8-16(12(3)17)10-13(18)14-7-9-15(4)5/h11H,6-10H2,1-5H3,(H,14,18). The molecule has 0 aromatic rings. The van der Waals surface area contributed by atoms with Crippen LogP contribution in [-0.4, -0.2) is 61.9 Å². The monoisotopic (exact) mass is 257 g/mol. The molecule has 0 bridgehead atoms. The van der Waals surface area contributed by atoms with Gasteiger partial charge < -0.3 is 15.1 Å². The predicted octanol–water partition coefficient (Wildman–Crippen LogP) is 0.559. The van der Waals surface area contributed by atoms with Crippen LogP contribution in [0.15, 0.2) is 0 Å². The van der Waals surface area contributed by atoms with Gasteiger partial charge in [-0.1, -0.05) is 13.8 Å². The van der Waals surface area contributed by atoms with E-state index in [0.717, 1.165) is 13.0 Å². The largest absolute Gasteiger partial charge is 0.353 e. The third-order valence-electron chi connectivity index (χ3n) is 2.64. The lowest BCUT2D eigenvalue weighted by atomic mass is 10.1. The summed E-state index contributed by atoms with van der Waals surface area (Å²) in [6.07, 6.45) is 0.921. The van der Waals surface area contributed by atoms with Crippen molar-refractivity contribution in [3.63, 3.8) is 0 Å². The Balaban J connectivity index is 4.00. The first kappa shape index (κ1) is 16.9. The molecule has 106 valence electrons. The van der Waals surface area contributed by atoms with Crippen LogP contribution in [0.1, 0.15) is 27.2 Å². The van der Waals surface area contributed by atoms with E-state index in [4.69, 9.17) is 0 Å². The summed E-state index contributed by atoms with van der Waals surface area (Å²) < 4.78 is 0. The molecule has 18 heavy (non-hydrogen) atoms. The SMILES string of the molecule is CC(=O)N(CCC(C)C)CC(=O)NCCN(C)C. The molecular formula is C13H27N3O2. The third-order valence-corrected chi connectivity index (χ3v) is 2.64. The van der Waals surface area contributed by atoms with Gasteiger partial charge in [-0.2, -0.15) is 0 Å². The number of carbonyl (C=O) groups excluding carboxylic acids is 2. The second kappa shape index (κ2) is 8.91. The number of rotatable bonds is 8. The van der Waals surface area contributed by atoms with E-state index in [0.29, 0.717) is 19.0 Å². The maximum atomic E-state index is 11.7. The van der Waals surface area contributed by atoms with Gasteiger partial charge in [0.1, 0.15) is 0 Å². The Morgan fingerprint density at radius 3 is 2.22 bits per heavy atom.